The number of anilines is 1. The predicted octanol–water partition coefficient (Wildman–Crippen LogP) is 1.64. The molecule has 6 heteroatoms. The van der Waals surface area contributed by atoms with Gasteiger partial charge in [0.1, 0.15) is 0 Å². The van der Waals surface area contributed by atoms with Crippen molar-refractivity contribution < 1.29 is 23.8 Å². The highest BCUT2D eigenvalue weighted by Crippen LogP contribution is 2.57. The highest BCUT2D eigenvalue weighted by molar-refractivity contribution is 6.23. The Morgan fingerprint density at radius 1 is 1.00 bits per heavy atom. The van der Waals surface area contributed by atoms with Crippen molar-refractivity contribution >= 4 is 17.5 Å². The molecule has 118 valence electrons. The van der Waals surface area contributed by atoms with E-state index in [4.69, 9.17) is 14.2 Å². The summed E-state index contributed by atoms with van der Waals surface area (Å²) in [5, 5.41) is 0. The minimum absolute atomic E-state index is 0.153. The van der Waals surface area contributed by atoms with E-state index in [1.165, 1.54) is 4.90 Å². The number of ether oxygens (including phenoxy) is 3. The quantitative estimate of drug-likeness (QED) is 0.582. The average Bonchev–Trinajstić information content (AvgIpc) is 3.19. The number of rotatable bonds is 1. The number of hydrogen-bond acceptors (Lipinski definition) is 5. The van der Waals surface area contributed by atoms with Crippen molar-refractivity contribution in [2.24, 2.45) is 11.8 Å². The number of carbonyl (C=O) groups excluding carboxylic acids is 2. The second-order valence-electron chi connectivity index (χ2n) is 6.81. The van der Waals surface area contributed by atoms with Gasteiger partial charge in [-0.05, 0) is 26.0 Å². The maximum Gasteiger partial charge on any atom is 0.241 e. The summed E-state index contributed by atoms with van der Waals surface area (Å²) >= 11 is 0. The molecule has 2 saturated heterocycles. The normalized spacial score (nSPS) is 39.5. The lowest BCUT2D eigenvalue weighted by molar-refractivity contribution is -0.128. The van der Waals surface area contributed by atoms with Crippen LogP contribution in [0.5, 0.6) is 11.5 Å². The highest BCUT2D eigenvalue weighted by atomic mass is 16.7. The van der Waals surface area contributed by atoms with E-state index in [9.17, 15) is 9.59 Å². The molecule has 0 N–H and O–H groups in total. The Balaban J connectivity index is 1.60. The van der Waals surface area contributed by atoms with Crippen molar-refractivity contribution in [1.29, 1.82) is 0 Å². The van der Waals surface area contributed by atoms with Crippen molar-refractivity contribution in [3.63, 3.8) is 0 Å². The molecule has 0 radical (unpaired) electrons. The van der Waals surface area contributed by atoms with E-state index in [1.807, 2.05) is 26.0 Å². The molecule has 0 saturated carbocycles. The molecule has 1 aromatic rings. The average molecular weight is 313 g/mol. The van der Waals surface area contributed by atoms with E-state index in [1.54, 1.807) is 18.2 Å². The van der Waals surface area contributed by atoms with Gasteiger partial charge in [-0.2, -0.15) is 0 Å². The third-order valence-electron chi connectivity index (χ3n) is 5.34. The lowest BCUT2D eigenvalue weighted by atomic mass is 9.73. The minimum Gasteiger partial charge on any atom is -0.454 e. The van der Waals surface area contributed by atoms with Crippen LogP contribution in [0.4, 0.5) is 5.69 Å². The first-order chi connectivity index (χ1) is 10.9. The van der Waals surface area contributed by atoms with Crippen LogP contribution in [0.2, 0.25) is 0 Å². The summed E-state index contributed by atoms with van der Waals surface area (Å²) in [7, 11) is 0. The van der Waals surface area contributed by atoms with Crippen molar-refractivity contribution in [2.75, 3.05) is 11.7 Å². The van der Waals surface area contributed by atoms with Crippen LogP contribution in [-0.4, -0.2) is 29.8 Å². The zero-order chi connectivity index (χ0) is 16.0. The Kier molecular flexibility index (Phi) is 2.15. The number of nitrogens with zero attached hydrogens (tertiary/aromatic N) is 1. The van der Waals surface area contributed by atoms with Gasteiger partial charge in [0, 0.05) is 6.07 Å². The molecule has 4 aliphatic rings. The first kappa shape index (κ1) is 13.1. The van der Waals surface area contributed by atoms with Crippen molar-refractivity contribution in [3.05, 3.63) is 30.4 Å². The Bertz CT molecular complexity index is 766. The largest absolute Gasteiger partial charge is 0.454 e. The maximum atomic E-state index is 13.0. The second kappa shape index (κ2) is 3.76. The molecule has 2 fully saturated rings. The minimum atomic E-state index is -0.711. The zero-order valence-corrected chi connectivity index (χ0v) is 12.7. The van der Waals surface area contributed by atoms with Crippen LogP contribution in [0, 0.1) is 11.8 Å². The van der Waals surface area contributed by atoms with E-state index in [0.717, 1.165) is 0 Å². The van der Waals surface area contributed by atoms with E-state index in [0.29, 0.717) is 17.2 Å². The zero-order valence-electron chi connectivity index (χ0n) is 12.7. The van der Waals surface area contributed by atoms with Crippen molar-refractivity contribution in [3.8, 4) is 11.5 Å². The Morgan fingerprint density at radius 2 is 1.61 bits per heavy atom. The standard InChI is InChI=1S/C17H15NO5/c1-16-5-6-17(2,23-16)13-12(16)14(19)18(15(13)20)9-3-4-10-11(7-9)22-8-21-10/h3-7,12-13H,8H2,1-2H3/t12-,13-,16-,17+/m1/s1. The lowest BCUT2D eigenvalue weighted by Crippen LogP contribution is -2.39. The molecule has 5 rings (SSSR count). The fraction of sp³-hybridized carbons (Fsp3) is 0.412. The summed E-state index contributed by atoms with van der Waals surface area (Å²) < 4.78 is 16.6. The first-order valence-corrected chi connectivity index (χ1v) is 7.61. The molecule has 4 aliphatic heterocycles. The number of imide groups is 1. The smallest absolute Gasteiger partial charge is 0.241 e. The Labute approximate surface area is 132 Å². The van der Waals surface area contributed by atoms with Gasteiger partial charge in [0.15, 0.2) is 11.5 Å². The third-order valence-corrected chi connectivity index (χ3v) is 5.34. The summed E-state index contributed by atoms with van der Waals surface area (Å²) in [6.07, 6.45) is 3.81. The fourth-order valence-corrected chi connectivity index (χ4v) is 4.31. The van der Waals surface area contributed by atoms with Crippen LogP contribution < -0.4 is 14.4 Å². The van der Waals surface area contributed by atoms with Crippen LogP contribution in [0.25, 0.3) is 0 Å². The highest BCUT2D eigenvalue weighted by Gasteiger charge is 2.70. The molecule has 2 bridgehead atoms. The van der Waals surface area contributed by atoms with E-state index < -0.39 is 23.0 Å². The maximum absolute atomic E-state index is 13.0. The second-order valence-corrected chi connectivity index (χ2v) is 6.81. The number of amides is 2. The molecule has 23 heavy (non-hydrogen) atoms. The van der Waals surface area contributed by atoms with E-state index >= 15 is 0 Å². The van der Waals surface area contributed by atoms with Crippen LogP contribution in [0.3, 0.4) is 0 Å². The number of fused-ring (bicyclic) bond motifs is 6. The Hall–Kier alpha value is -2.34. The third kappa shape index (κ3) is 1.42. The summed E-state index contributed by atoms with van der Waals surface area (Å²) in [6, 6.07) is 5.12. The van der Waals surface area contributed by atoms with Crippen molar-refractivity contribution in [1.82, 2.24) is 0 Å². The molecular weight excluding hydrogens is 298 g/mol. The molecule has 0 unspecified atom stereocenters. The summed E-state index contributed by atoms with van der Waals surface area (Å²) in [5.74, 6) is -0.207. The monoisotopic (exact) mass is 313 g/mol. The van der Waals surface area contributed by atoms with Gasteiger partial charge in [0.05, 0.1) is 28.7 Å². The molecule has 0 aliphatic carbocycles. The molecule has 4 atom stereocenters. The molecule has 0 spiro atoms. The van der Waals surface area contributed by atoms with Gasteiger partial charge in [-0.25, -0.2) is 4.90 Å². The number of benzene rings is 1. The summed E-state index contributed by atoms with van der Waals surface area (Å²) in [4.78, 5) is 27.2. The topological polar surface area (TPSA) is 65.1 Å². The van der Waals surface area contributed by atoms with Crippen LogP contribution in [-0.2, 0) is 14.3 Å². The number of carbonyl (C=O) groups is 2. The summed E-state index contributed by atoms with van der Waals surface area (Å²) in [6.45, 7) is 3.89. The van der Waals surface area contributed by atoms with Crippen LogP contribution in [0.15, 0.2) is 30.4 Å². The molecule has 6 nitrogen and oxygen atoms in total. The predicted molar refractivity (Wildman–Crippen MR) is 79.1 cm³/mol. The van der Waals surface area contributed by atoms with Gasteiger partial charge in [0.25, 0.3) is 0 Å². The Morgan fingerprint density at radius 3 is 2.26 bits per heavy atom. The molecule has 1 aromatic carbocycles. The van der Waals surface area contributed by atoms with Crippen LogP contribution >= 0.6 is 0 Å². The molecule has 4 heterocycles. The number of hydrogen-bond donors (Lipinski definition) is 0. The van der Waals surface area contributed by atoms with E-state index in [2.05, 4.69) is 0 Å². The first-order valence-electron chi connectivity index (χ1n) is 7.61. The molecule has 0 aromatic heterocycles. The molecular formula is C17H15NO5. The fourth-order valence-electron chi connectivity index (χ4n) is 4.31. The summed E-state index contributed by atoms with van der Waals surface area (Å²) in [5.41, 5.74) is -0.903. The van der Waals surface area contributed by atoms with Gasteiger partial charge in [-0.15, -0.1) is 0 Å². The van der Waals surface area contributed by atoms with Gasteiger partial charge >= 0.3 is 0 Å². The van der Waals surface area contributed by atoms with Gasteiger partial charge in [-0.3, -0.25) is 9.59 Å². The van der Waals surface area contributed by atoms with E-state index in [-0.39, 0.29) is 18.6 Å². The van der Waals surface area contributed by atoms with Gasteiger partial charge < -0.3 is 14.2 Å². The SMILES string of the molecule is C[C@]12C=C[C@](C)(O1)[C@H]1C(=O)N(c3ccc4c(c3)OCO4)C(=O)[C@@H]12. The van der Waals surface area contributed by atoms with Gasteiger partial charge in [0.2, 0.25) is 18.6 Å². The van der Waals surface area contributed by atoms with Crippen molar-refractivity contribution in [2.45, 2.75) is 25.0 Å². The lowest BCUT2D eigenvalue weighted by Gasteiger charge is -2.25. The van der Waals surface area contributed by atoms with Gasteiger partial charge in [-0.1, -0.05) is 12.2 Å². The van der Waals surface area contributed by atoms with Crippen LogP contribution in [0.1, 0.15) is 13.8 Å². The molecule has 2 amide bonds.